The van der Waals surface area contributed by atoms with Gasteiger partial charge in [0.05, 0.1) is 0 Å². The van der Waals surface area contributed by atoms with Gasteiger partial charge in [0.25, 0.3) is 0 Å². The fraction of sp³-hybridized carbons (Fsp3) is 0.750. The first-order chi connectivity index (χ1) is 8.91. The van der Waals surface area contributed by atoms with E-state index in [2.05, 4.69) is 0 Å². The molecule has 8 nitrogen and oxygen atoms in total. The molecule has 2 spiro atoms. The van der Waals surface area contributed by atoms with Crippen molar-refractivity contribution < 1.29 is 9.59 Å². The van der Waals surface area contributed by atoms with Gasteiger partial charge in [0, 0.05) is 0 Å². The first-order valence-corrected chi connectivity index (χ1v) is 11.8. The van der Waals surface area contributed by atoms with E-state index in [-0.39, 0.29) is 12.1 Å². The van der Waals surface area contributed by atoms with Crippen LogP contribution in [0.1, 0.15) is 0 Å². The second-order valence-electron chi connectivity index (χ2n) is 5.32. The molecule has 3 heterocycles. The Balaban J connectivity index is 2.17. The van der Waals surface area contributed by atoms with E-state index in [0.717, 1.165) is 0 Å². The van der Waals surface area contributed by atoms with Crippen LogP contribution in [0.5, 0.6) is 0 Å². The van der Waals surface area contributed by atoms with Crippen molar-refractivity contribution in [3.05, 3.63) is 0 Å². The van der Waals surface area contributed by atoms with Crippen molar-refractivity contribution >= 4 is 47.7 Å². The molecule has 0 unspecified atom stereocenters. The van der Waals surface area contributed by atoms with Crippen LogP contribution < -0.4 is 0 Å². The van der Waals surface area contributed by atoms with Crippen molar-refractivity contribution in [3.8, 4) is 0 Å². The van der Waals surface area contributed by atoms with E-state index in [0.29, 0.717) is 0 Å². The molecule has 3 rings (SSSR count). The van der Waals surface area contributed by atoms with Gasteiger partial charge in [0.15, 0.2) is 0 Å². The molecule has 0 N–H and O–H groups in total. The Morgan fingerprint density at radius 3 is 1.05 bits per heavy atom. The van der Waals surface area contributed by atoms with E-state index in [9.17, 15) is 9.59 Å². The summed E-state index contributed by atoms with van der Waals surface area (Å²) in [6, 6.07) is -0.315. The predicted octanol–water partition coefficient (Wildman–Crippen LogP) is 2.59. The number of hydrogen-bond donors (Lipinski definition) is 0. The van der Waals surface area contributed by atoms with Gasteiger partial charge < -0.3 is 0 Å². The van der Waals surface area contributed by atoms with Gasteiger partial charge in [-0.3, -0.25) is 0 Å². The van der Waals surface area contributed by atoms with E-state index in [4.69, 9.17) is 22.5 Å². The van der Waals surface area contributed by atoms with Crippen LogP contribution in [0.25, 0.3) is 0 Å². The molecule has 20 heavy (non-hydrogen) atoms. The summed E-state index contributed by atoms with van der Waals surface area (Å²) in [5.41, 5.74) is 0. The molecule has 0 bridgehead atoms. The first-order valence-electron chi connectivity index (χ1n) is 5.92. The summed E-state index contributed by atoms with van der Waals surface area (Å²) < 4.78 is 9.86. The van der Waals surface area contributed by atoms with Crippen LogP contribution in [0.3, 0.4) is 0 Å². The molecule has 3 aliphatic rings. The van der Waals surface area contributed by atoms with Crippen LogP contribution in [-0.2, 0) is 0 Å². The van der Waals surface area contributed by atoms with Crippen molar-refractivity contribution in [1.82, 2.24) is 27.6 Å². The van der Waals surface area contributed by atoms with Gasteiger partial charge in [-0.1, -0.05) is 0 Å². The Kier molecular flexibility index (Phi) is 2.33. The molecule has 3 aliphatic heterocycles. The molecule has 0 radical (unpaired) electrons. The zero-order chi connectivity index (χ0) is 15.5. The van der Waals surface area contributed by atoms with Crippen molar-refractivity contribution in [2.75, 3.05) is 42.3 Å². The monoisotopic (exact) mass is 362 g/mol. The normalized spacial score (nSPS) is 37.6. The van der Waals surface area contributed by atoms with Crippen molar-refractivity contribution in [2.45, 2.75) is 0 Å². The summed E-state index contributed by atoms with van der Waals surface area (Å²) >= 11 is 14.0. The molecular formula is C8H18Cl2N6O2P2. The Bertz CT molecular complexity index is 499. The molecule has 116 valence electrons. The van der Waals surface area contributed by atoms with Gasteiger partial charge in [-0.2, -0.15) is 0 Å². The van der Waals surface area contributed by atoms with Crippen LogP contribution in [0.2, 0.25) is 0 Å². The molecule has 0 aromatic carbocycles. The van der Waals surface area contributed by atoms with Gasteiger partial charge in [-0.25, -0.2) is 0 Å². The van der Waals surface area contributed by atoms with E-state index in [1.807, 2.05) is 8.88 Å². The van der Waals surface area contributed by atoms with E-state index >= 15 is 0 Å². The number of carbonyl (C=O) groups excluding carboxylic acids is 2. The summed E-state index contributed by atoms with van der Waals surface area (Å²) in [6.07, 6.45) is 0. The number of hydrogen-bond acceptors (Lipinski definition) is 4. The zero-order valence-electron chi connectivity index (χ0n) is 12.2. The number of carbonyl (C=O) groups is 2. The summed E-state index contributed by atoms with van der Waals surface area (Å²) in [6.45, 7) is -6.81. The quantitative estimate of drug-likeness (QED) is 0.621. The molecule has 0 aromatic rings. The van der Waals surface area contributed by atoms with Crippen molar-refractivity contribution in [3.63, 3.8) is 0 Å². The summed E-state index contributed by atoms with van der Waals surface area (Å²) in [4.78, 5) is 23.9. The molecule has 12 heteroatoms. The maximum absolute atomic E-state index is 11.9. The van der Waals surface area contributed by atoms with Gasteiger partial charge in [-0.05, 0) is 0 Å². The van der Waals surface area contributed by atoms with Crippen LogP contribution in [0, 0.1) is 0 Å². The molecule has 3 saturated heterocycles. The van der Waals surface area contributed by atoms with Crippen molar-refractivity contribution in [2.24, 2.45) is 0 Å². The van der Waals surface area contributed by atoms with E-state index < -0.39 is 13.1 Å². The number of nitrogens with zero attached hydrogens (tertiary/aromatic N) is 6. The van der Waals surface area contributed by atoms with E-state index in [1.165, 1.54) is 18.7 Å². The van der Waals surface area contributed by atoms with Crippen molar-refractivity contribution in [1.29, 1.82) is 0 Å². The third-order valence-electron chi connectivity index (χ3n) is 5.16. The number of urea groups is 2. The Morgan fingerprint density at radius 1 is 0.650 bits per heavy atom. The third kappa shape index (κ3) is 0.801. The Morgan fingerprint density at radius 2 is 0.850 bits per heavy atom. The van der Waals surface area contributed by atoms with Gasteiger partial charge in [-0.15, -0.1) is 0 Å². The average molecular weight is 363 g/mol. The fourth-order valence-electron chi connectivity index (χ4n) is 3.76. The second kappa shape index (κ2) is 3.14. The fourth-order valence-corrected chi connectivity index (χ4v) is 23.8. The second-order valence-corrected chi connectivity index (χ2v) is 17.7. The van der Waals surface area contributed by atoms with Crippen LogP contribution in [-0.4, -0.2) is 81.9 Å². The van der Waals surface area contributed by atoms with Crippen LogP contribution in [0.4, 0.5) is 9.59 Å². The Hall–Kier alpha value is -0.100. The summed E-state index contributed by atoms with van der Waals surface area (Å²) in [5, 5.41) is 0. The molecule has 4 amide bonds. The number of rotatable bonds is 0. The van der Waals surface area contributed by atoms with Gasteiger partial charge >= 0.3 is 127 Å². The Labute approximate surface area is 127 Å². The zero-order valence-corrected chi connectivity index (χ0v) is 15.5. The molecule has 3 fully saturated rings. The number of halogens is 2. The molecule has 0 aliphatic carbocycles. The molecular weight excluding hydrogens is 345 g/mol. The first kappa shape index (κ1) is 14.8. The minimum absolute atomic E-state index is 0.157. The van der Waals surface area contributed by atoms with Crippen LogP contribution in [0.15, 0.2) is 0 Å². The van der Waals surface area contributed by atoms with E-state index in [1.54, 1.807) is 42.3 Å². The summed E-state index contributed by atoms with van der Waals surface area (Å²) in [5.74, 6) is 0. The average Bonchev–Trinajstić information content (AvgIpc) is 2.48. The third-order valence-corrected chi connectivity index (χ3v) is 24.6. The minimum atomic E-state index is -3.40. The van der Waals surface area contributed by atoms with Crippen LogP contribution >= 0.6 is 35.6 Å². The van der Waals surface area contributed by atoms with Gasteiger partial charge in [0.1, 0.15) is 0 Å². The standard InChI is InChI=1S/C8H18Cl2N6O2P2/c1-11-7(17)12(2)19(11,9)15(5)20(10,16(19)6)13(3)8(18)14(20)4/h1-6H3. The topological polar surface area (TPSA) is 53.6 Å². The molecule has 0 saturated carbocycles. The number of amides is 4. The molecule has 0 aromatic heterocycles. The predicted molar refractivity (Wildman–Crippen MR) is 82.9 cm³/mol. The summed E-state index contributed by atoms with van der Waals surface area (Å²) in [7, 11) is 10.2. The van der Waals surface area contributed by atoms with Gasteiger partial charge in [0.2, 0.25) is 0 Å². The maximum atomic E-state index is 11.9. The SMILES string of the molecule is CN1C(=O)N(C)P12(Cl)N(C)P1(Cl)(N(C)C(=O)N1C)N2C. The molecule has 0 atom stereocenters.